The van der Waals surface area contributed by atoms with E-state index in [2.05, 4.69) is 30.8 Å². The van der Waals surface area contributed by atoms with Crippen LogP contribution in [-0.4, -0.2) is 25.5 Å². The molecule has 38 heavy (non-hydrogen) atoms. The third kappa shape index (κ3) is 8.08. The molecule has 0 radical (unpaired) electrons. The number of nitrogens with one attached hydrogen (secondary N) is 1. The Hall–Kier alpha value is -3.33. The number of halogens is 3. The van der Waals surface area contributed by atoms with Crippen LogP contribution in [0.1, 0.15) is 65.4 Å². The summed E-state index contributed by atoms with van der Waals surface area (Å²) in [7, 11) is 1.30. The lowest BCUT2D eigenvalue weighted by Gasteiger charge is -2.26. The van der Waals surface area contributed by atoms with Crippen LogP contribution in [-0.2, 0) is 15.7 Å². The van der Waals surface area contributed by atoms with Gasteiger partial charge in [-0.3, -0.25) is 9.59 Å². The van der Waals surface area contributed by atoms with Crippen molar-refractivity contribution < 1.29 is 32.2 Å². The van der Waals surface area contributed by atoms with Crippen molar-refractivity contribution >= 4 is 23.2 Å². The first-order valence-electron chi connectivity index (χ1n) is 12.2. The quantitative estimate of drug-likeness (QED) is 0.280. The molecule has 0 bridgehead atoms. The minimum absolute atomic E-state index is 0.0627. The zero-order valence-electron chi connectivity index (χ0n) is 22.1. The summed E-state index contributed by atoms with van der Waals surface area (Å²) in [6.07, 6.45) is -3.90. The van der Waals surface area contributed by atoms with Gasteiger partial charge in [-0.25, -0.2) is 0 Å². The number of alkyl halides is 3. The van der Waals surface area contributed by atoms with Crippen LogP contribution in [0, 0.1) is 12.3 Å². The summed E-state index contributed by atoms with van der Waals surface area (Å²) in [5, 5.41) is 2.72. The van der Waals surface area contributed by atoms with Crippen LogP contribution in [0.25, 0.3) is 11.1 Å². The predicted octanol–water partition coefficient (Wildman–Crippen LogP) is 7.59. The molecule has 1 amide bonds. The average Bonchev–Trinajstić information content (AvgIpc) is 3.33. The van der Waals surface area contributed by atoms with Crippen LogP contribution in [0.5, 0.6) is 5.75 Å². The molecule has 0 aliphatic rings. The van der Waals surface area contributed by atoms with Gasteiger partial charge in [-0.05, 0) is 71.8 Å². The number of benzene rings is 2. The van der Waals surface area contributed by atoms with Gasteiger partial charge in [0.05, 0.1) is 24.0 Å². The highest BCUT2D eigenvalue weighted by Crippen LogP contribution is 2.38. The number of ether oxygens (including phenoxy) is 2. The molecule has 9 heteroatoms. The average molecular weight is 548 g/mol. The molecule has 0 saturated heterocycles. The molecule has 0 spiro atoms. The smallest absolute Gasteiger partial charge is 0.416 e. The maximum absolute atomic E-state index is 12.9. The lowest BCUT2D eigenvalue weighted by molar-refractivity contribution is -0.140. The normalized spacial score (nSPS) is 12.6. The Morgan fingerprint density at radius 3 is 2.26 bits per heavy atom. The summed E-state index contributed by atoms with van der Waals surface area (Å²) in [6.45, 7) is 8.40. The summed E-state index contributed by atoms with van der Waals surface area (Å²) >= 11 is 1.34. The molecule has 204 valence electrons. The number of thiophene rings is 1. The Kier molecular flexibility index (Phi) is 9.25. The molecule has 1 unspecified atom stereocenters. The van der Waals surface area contributed by atoms with Crippen molar-refractivity contribution in [2.24, 2.45) is 5.41 Å². The fourth-order valence-corrected chi connectivity index (χ4v) is 4.86. The van der Waals surface area contributed by atoms with E-state index in [1.54, 1.807) is 6.07 Å². The van der Waals surface area contributed by atoms with Crippen LogP contribution in [0.15, 0.2) is 54.6 Å². The number of aryl methyl sites for hydroxylation is 1. The fourth-order valence-electron chi connectivity index (χ4n) is 3.91. The van der Waals surface area contributed by atoms with E-state index in [1.807, 2.05) is 31.2 Å². The van der Waals surface area contributed by atoms with Gasteiger partial charge in [-0.1, -0.05) is 39.0 Å². The molecular formula is C29H32F3NO4S. The topological polar surface area (TPSA) is 64.6 Å². The molecule has 3 aromatic rings. The van der Waals surface area contributed by atoms with Crippen molar-refractivity contribution in [3.63, 3.8) is 0 Å². The Labute approximate surface area is 225 Å². The molecule has 3 rings (SSSR count). The lowest BCUT2D eigenvalue weighted by Crippen LogP contribution is -2.25. The van der Waals surface area contributed by atoms with Crippen molar-refractivity contribution in [2.45, 2.75) is 52.8 Å². The van der Waals surface area contributed by atoms with Gasteiger partial charge in [-0.15, -0.1) is 11.3 Å². The standard InChI is InChI=1S/C29H32F3NO4S/c1-18-16-21(10-11-22(18)19-6-8-20(9-7-19)29(30,31)32)37-23(17-28(2,3)4)24-12-13-25(38-24)27(35)33-15-14-26(34)36-5/h6-13,16,23H,14-15,17H2,1-5H3,(H,33,35). The summed E-state index contributed by atoms with van der Waals surface area (Å²) in [6, 6.07) is 14.2. The maximum Gasteiger partial charge on any atom is 0.416 e. The number of esters is 1. The Balaban J connectivity index is 1.77. The van der Waals surface area contributed by atoms with Crippen molar-refractivity contribution in [3.05, 3.63) is 75.5 Å². The second-order valence-corrected chi connectivity index (χ2v) is 11.3. The zero-order valence-corrected chi connectivity index (χ0v) is 22.9. The number of hydrogen-bond acceptors (Lipinski definition) is 5. The number of rotatable bonds is 9. The minimum Gasteiger partial charge on any atom is -0.485 e. The zero-order chi connectivity index (χ0) is 28.1. The van der Waals surface area contributed by atoms with E-state index in [4.69, 9.17) is 4.74 Å². The van der Waals surface area contributed by atoms with Crippen LogP contribution < -0.4 is 10.1 Å². The summed E-state index contributed by atoms with van der Waals surface area (Å²) in [5.41, 5.74) is 1.63. The third-order valence-corrected chi connectivity index (χ3v) is 6.98. The molecule has 1 atom stereocenters. The van der Waals surface area contributed by atoms with Crippen LogP contribution >= 0.6 is 11.3 Å². The van der Waals surface area contributed by atoms with Gasteiger partial charge < -0.3 is 14.8 Å². The van der Waals surface area contributed by atoms with E-state index in [0.717, 1.165) is 28.1 Å². The van der Waals surface area contributed by atoms with E-state index >= 15 is 0 Å². The van der Waals surface area contributed by atoms with Gasteiger partial charge in [0.2, 0.25) is 0 Å². The molecule has 2 aromatic carbocycles. The molecule has 1 aromatic heterocycles. The van der Waals surface area contributed by atoms with E-state index in [1.165, 1.54) is 30.6 Å². The first-order valence-corrected chi connectivity index (χ1v) is 13.0. The second-order valence-electron chi connectivity index (χ2n) is 10.2. The van der Waals surface area contributed by atoms with Gasteiger partial charge in [0.1, 0.15) is 11.9 Å². The fraction of sp³-hybridized carbons (Fsp3) is 0.379. The monoisotopic (exact) mass is 547 g/mol. The molecule has 1 heterocycles. The van der Waals surface area contributed by atoms with E-state index in [-0.39, 0.29) is 30.4 Å². The molecule has 0 fully saturated rings. The molecular weight excluding hydrogens is 515 g/mol. The molecule has 5 nitrogen and oxygen atoms in total. The van der Waals surface area contributed by atoms with E-state index in [9.17, 15) is 22.8 Å². The first-order chi connectivity index (χ1) is 17.8. The van der Waals surface area contributed by atoms with Gasteiger partial charge >= 0.3 is 12.1 Å². The SMILES string of the molecule is COC(=O)CCNC(=O)c1ccc(C(CC(C)(C)C)Oc2ccc(-c3ccc(C(F)(F)F)cc3)c(C)c2)s1. The van der Waals surface area contributed by atoms with Crippen molar-refractivity contribution in [1.29, 1.82) is 0 Å². The van der Waals surface area contributed by atoms with Crippen molar-refractivity contribution in [3.8, 4) is 16.9 Å². The van der Waals surface area contributed by atoms with Gasteiger partial charge in [0.25, 0.3) is 5.91 Å². The third-order valence-electron chi connectivity index (χ3n) is 5.81. The summed E-state index contributed by atoms with van der Waals surface area (Å²) < 4.78 is 49.8. The van der Waals surface area contributed by atoms with Crippen LogP contribution in [0.3, 0.4) is 0 Å². The Bertz CT molecular complexity index is 1260. The van der Waals surface area contributed by atoms with Crippen LogP contribution in [0.2, 0.25) is 0 Å². The Morgan fingerprint density at radius 1 is 1.00 bits per heavy atom. The number of methoxy groups -OCH3 is 1. The largest absolute Gasteiger partial charge is 0.485 e. The Morgan fingerprint density at radius 2 is 1.68 bits per heavy atom. The number of carbonyl (C=O) groups excluding carboxylic acids is 2. The first kappa shape index (κ1) is 29.2. The number of carbonyl (C=O) groups is 2. The minimum atomic E-state index is -4.38. The maximum atomic E-state index is 12.9. The highest BCUT2D eigenvalue weighted by atomic mass is 32.1. The summed E-state index contributed by atoms with van der Waals surface area (Å²) in [5.74, 6) is -0.0308. The van der Waals surface area contributed by atoms with E-state index < -0.39 is 17.7 Å². The predicted molar refractivity (Wildman–Crippen MR) is 142 cm³/mol. The number of amides is 1. The second kappa shape index (κ2) is 12.0. The van der Waals surface area contributed by atoms with E-state index in [0.29, 0.717) is 22.6 Å². The summed E-state index contributed by atoms with van der Waals surface area (Å²) in [4.78, 5) is 25.2. The molecule has 0 saturated carbocycles. The van der Waals surface area contributed by atoms with Gasteiger partial charge in [0.15, 0.2) is 0 Å². The molecule has 1 N–H and O–H groups in total. The highest BCUT2D eigenvalue weighted by Gasteiger charge is 2.30. The van der Waals surface area contributed by atoms with Crippen LogP contribution in [0.4, 0.5) is 13.2 Å². The van der Waals surface area contributed by atoms with Crippen molar-refractivity contribution in [2.75, 3.05) is 13.7 Å². The molecule has 0 aliphatic carbocycles. The lowest BCUT2D eigenvalue weighted by atomic mass is 9.88. The number of hydrogen-bond donors (Lipinski definition) is 1. The van der Waals surface area contributed by atoms with Gasteiger partial charge in [0, 0.05) is 11.4 Å². The molecule has 0 aliphatic heterocycles. The highest BCUT2D eigenvalue weighted by molar-refractivity contribution is 7.14. The van der Waals surface area contributed by atoms with Gasteiger partial charge in [-0.2, -0.15) is 13.2 Å². The van der Waals surface area contributed by atoms with Crippen molar-refractivity contribution in [1.82, 2.24) is 5.32 Å².